The zero-order valence-electron chi connectivity index (χ0n) is 32.2. The quantitative estimate of drug-likeness (QED) is 0.198. The molecule has 7 atom stereocenters. The molecular weight excluding hydrogens is 677 g/mol. The lowest BCUT2D eigenvalue weighted by Crippen LogP contribution is -2.54. The predicted molar refractivity (Wildman–Crippen MR) is 206 cm³/mol. The number of ketones is 1. The van der Waals surface area contributed by atoms with Gasteiger partial charge in [0, 0.05) is 34.5 Å². The number of hydrogen-bond acceptors (Lipinski definition) is 5. The van der Waals surface area contributed by atoms with E-state index in [4.69, 9.17) is 16.3 Å². The highest BCUT2D eigenvalue weighted by atomic mass is 35.5. The summed E-state index contributed by atoms with van der Waals surface area (Å²) in [5, 5.41) is 24.1. The largest absolute Gasteiger partial charge is 0.446 e. The minimum absolute atomic E-state index is 0.141. The molecule has 0 spiro atoms. The molecule has 2 aromatic carbocycles. The highest BCUT2D eigenvalue weighted by Gasteiger charge is 2.58. The number of amides is 1. The smallest absolute Gasteiger partial charge is 0.410 e. The first-order chi connectivity index (χ1) is 24.7. The molecule has 2 bridgehead atoms. The van der Waals surface area contributed by atoms with Gasteiger partial charge in [-0.2, -0.15) is 0 Å². The van der Waals surface area contributed by atoms with Crippen molar-refractivity contribution in [2.45, 2.75) is 142 Å². The Hall–Kier alpha value is -2.74. The molecule has 8 heteroatoms. The van der Waals surface area contributed by atoms with Crippen molar-refractivity contribution in [2.75, 3.05) is 13.1 Å². The van der Waals surface area contributed by atoms with Crippen molar-refractivity contribution in [3.05, 3.63) is 81.1 Å². The van der Waals surface area contributed by atoms with Gasteiger partial charge in [-0.25, -0.2) is 9.18 Å². The summed E-state index contributed by atoms with van der Waals surface area (Å²) in [5.41, 5.74) is 1.50. The van der Waals surface area contributed by atoms with Gasteiger partial charge in [0.05, 0.1) is 18.2 Å². The zero-order valence-corrected chi connectivity index (χ0v) is 33.0. The summed E-state index contributed by atoms with van der Waals surface area (Å²) in [4.78, 5) is 30.0. The molecule has 2 aromatic rings. The molecule has 6 nitrogen and oxygen atoms in total. The predicted octanol–water partition coefficient (Wildman–Crippen LogP) is 10.3. The van der Waals surface area contributed by atoms with Crippen LogP contribution in [-0.2, 0) is 17.6 Å². The first kappa shape index (κ1) is 40.4. The lowest BCUT2D eigenvalue weighted by molar-refractivity contribution is -0.0862. The monoisotopic (exact) mass is 737 g/mol. The number of hydrogen-bond donors (Lipinski definition) is 2. The second-order valence-electron chi connectivity index (χ2n) is 16.9. The Bertz CT molecular complexity index is 1590. The molecular formula is C44H61ClFNO5. The van der Waals surface area contributed by atoms with E-state index in [0.717, 1.165) is 43.2 Å². The Morgan fingerprint density at radius 1 is 1.12 bits per heavy atom. The normalized spacial score (nSPS) is 29.7. The average Bonchev–Trinajstić information content (AvgIpc) is 3.33. The van der Waals surface area contributed by atoms with E-state index in [1.54, 1.807) is 11.0 Å². The van der Waals surface area contributed by atoms with Gasteiger partial charge in [-0.3, -0.25) is 4.79 Å². The van der Waals surface area contributed by atoms with Crippen LogP contribution in [0.5, 0.6) is 0 Å². The van der Waals surface area contributed by atoms with Crippen molar-refractivity contribution in [1.82, 2.24) is 4.90 Å². The lowest BCUT2D eigenvalue weighted by Gasteiger charge is -2.46. The summed E-state index contributed by atoms with van der Waals surface area (Å²) in [6, 6.07) is 10.3. The fraction of sp³-hybridized carbons (Fsp3) is 0.636. The van der Waals surface area contributed by atoms with Crippen LogP contribution in [0.15, 0.2) is 48.0 Å². The molecule has 6 rings (SSSR count). The molecule has 1 amide bonds. The molecule has 0 aromatic heterocycles. The summed E-state index contributed by atoms with van der Waals surface area (Å²) < 4.78 is 21.3. The van der Waals surface area contributed by atoms with Crippen LogP contribution in [0, 0.1) is 29.0 Å². The molecule has 4 aliphatic rings. The number of Topliss-reactive ketones (excluding diaryl/α,β-unsaturated/α-hetero) is 1. The van der Waals surface area contributed by atoms with Gasteiger partial charge in [-0.05, 0) is 124 Å². The topological polar surface area (TPSA) is 87.1 Å². The van der Waals surface area contributed by atoms with Crippen LogP contribution in [0.2, 0.25) is 5.02 Å². The maximum absolute atomic E-state index is 15.0. The third kappa shape index (κ3) is 8.96. The van der Waals surface area contributed by atoms with E-state index in [0.29, 0.717) is 68.4 Å². The molecule has 2 fully saturated rings. The van der Waals surface area contributed by atoms with E-state index in [-0.39, 0.29) is 47.5 Å². The molecule has 0 heterocycles. The molecule has 0 saturated heterocycles. The van der Waals surface area contributed by atoms with Crippen molar-refractivity contribution in [1.29, 1.82) is 0 Å². The van der Waals surface area contributed by atoms with Gasteiger partial charge in [0.15, 0.2) is 5.78 Å². The molecule has 2 saturated carbocycles. The number of fused-ring (bicyclic) bond motifs is 8. The van der Waals surface area contributed by atoms with Gasteiger partial charge in [0.1, 0.15) is 11.9 Å². The van der Waals surface area contributed by atoms with Crippen molar-refractivity contribution in [3.8, 4) is 0 Å². The summed E-state index contributed by atoms with van der Waals surface area (Å²) in [6.45, 7) is 13.5. The average molecular weight is 738 g/mol. The van der Waals surface area contributed by atoms with Crippen LogP contribution in [0.3, 0.4) is 0 Å². The van der Waals surface area contributed by atoms with Crippen LogP contribution in [0.1, 0.15) is 139 Å². The van der Waals surface area contributed by atoms with Gasteiger partial charge < -0.3 is 19.8 Å². The maximum Gasteiger partial charge on any atom is 0.410 e. The highest BCUT2D eigenvalue weighted by molar-refractivity contribution is 6.31. The lowest BCUT2D eigenvalue weighted by atomic mass is 9.64. The number of benzene rings is 2. The zero-order chi connectivity index (χ0) is 37.8. The first-order valence-electron chi connectivity index (χ1n) is 19.8. The second kappa shape index (κ2) is 17.2. The Morgan fingerprint density at radius 2 is 1.88 bits per heavy atom. The number of carbonyl (C=O) groups is 2. The third-order valence-corrected chi connectivity index (χ3v) is 13.1. The van der Waals surface area contributed by atoms with Gasteiger partial charge in [-0.1, -0.05) is 82.5 Å². The third-order valence-electron chi connectivity index (χ3n) is 12.8. The highest BCUT2D eigenvalue weighted by Crippen LogP contribution is 2.59. The van der Waals surface area contributed by atoms with Crippen molar-refractivity contribution in [3.63, 3.8) is 0 Å². The van der Waals surface area contributed by atoms with E-state index in [1.807, 2.05) is 25.1 Å². The minimum Gasteiger partial charge on any atom is -0.446 e. The van der Waals surface area contributed by atoms with Crippen molar-refractivity contribution in [2.24, 2.45) is 23.2 Å². The molecule has 52 heavy (non-hydrogen) atoms. The Labute approximate surface area is 316 Å². The number of ether oxygens (including phenoxy) is 1. The second-order valence-corrected chi connectivity index (χ2v) is 17.3. The summed E-state index contributed by atoms with van der Waals surface area (Å²) in [5.74, 6) is 0.223. The van der Waals surface area contributed by atoms with Crippen LogP contribution in [0.25, 0.3) is 0 Å². The van der Waals surface area contributed by atoms with E-state index >= 15 is 0 Å². The first-order valence-corrected chi connectivity index (χ1v) is 20.1. The van der Waals surface area contributed by atoms with Crippen LogP contribution >= 0.6 is 11.6 Å². The Kier molecular flexibility index (Phi) is 13.3. The standard InChI is InChI=1S/C44H61ClFNO5/c1-7-22-47(42(50)52-41-23-30(5)14-17-33(41)28(2)3)27-44(51)21-19-37-34-18-15-31(24-32(48)16-13-29(4)10-9-20-43(37,44)6)25-35(34)40(49)26-36-38(45)11-8-12-39(36)46/h8,10-12,15,18,25,28,30,32-33,37,41,48,51H,7,9,13-14,16-17,19-24,26-27H2,1-6H3/t30-,32-,33+,37-,41-,43-,44+/m0/s1. The molecule has 4 aliphatic carbocycles. The number of aliphatic hydroxyl groups excluding tert-OH is 1. The Morgan fingerprint density at radius 3 is 2.60 bits per heavy atom. The number of carbonyl (C=O) groups excluding carboxylic acids is 2. The van der Waals surface area contributed by atoms with Crippen LogP contribution in [-0.4, -0.2) is 57.9 Å². The van der Waals surface area contributed by atoms with Gasteiger partial charge >= 0.3 is 6.09 Å². The number of nitrogens with zero attached hydrogens (tertiary/aromatic N) is 1. The fourth-order valence-corrected chi connectivity index (χ4v) is 9.70. The SMILES string of the molecule is CCCN(C[C@]1(O)CC[C@H]2c3ccc(cc3C(=O)Cc3c(F)cccc3Cl)C[C@@H](O)CCC(C)=CCC[C@@]21C)C(=O)O[C@H]1C[C@@H](C)CC[C@@H]1C(C)C. The van der Waals surface area contributed by atoms with Gasteiger partial charge in [0.25, 0.3) is 0 Å². The number of rotatable bonds is 9. The van der Waals surface area contributed by atoms with Crippen LogP contribution in [0.4, 0.5) is 9.18 Å². The number of allylic oxidation sites excluding steroid dienone is 2. The van der Waals surface area contributed by atoms with E-state index in [9.17, 15) is 24.2 Å². The number of halogens is 2. The fourth-order valence-electron chi connectivity index (χ4n) is 9.47. The van der Waals surface area contributed by atoms with E-state index in [2.05, 4.69) is 40.7 Å². The molecule has 0 unspecified atom stereocenters. The van der Waals surface area contributed by atoms with E-state index < -0.39 is 22.9 Å². The van der Waals surface area contributed by atoms with Gasteiger partial charge in [0.2, 0.25) is 0 Å². The molecule has 0 radical (unpaired) electrons. The van der Waals surface area contributed by atoms with Gasteiger partial charge in [-0.15, -0.1) is 0 Å². The maximum atomic E-state index is 15.0. The Balaban J connectivity index is 1.52. The minimum atomic E-state index is -1.26. The summed E-state index contributed by atoms with van der Waals surface area (Å²) in [7, 11) is 0. The van der Waals surface area contributed by atoms with Crippen LogP contribution < -0.4 is 0 Å². The summed E-state index contributed by atoms with van der Waals surface area (Å²) >= 11 is 6.39. The molecule has 286 valence electrons. The summed E-state index contributed by atoms with van der Waals surface area (Å²) in [6.07, 6.45) is 8.84. The molecule has 2 N–H and O–H groups in total. The number of aliphatic hydroxyl groups is 2. The molecule has 0 aliphatic heterocycles. The van der Waals surface area contributed by atoms with Crippen molar-refractivity contribution < 1.29 is 28.9 Å². The van der Waals surface area contributed by atoms with Crippen molar-refractivity contribution >= 4 is 23.5 Å². The van der Waals surface area contributed by atoms with E-state index in [1.165, 1.54) is 17.7 Å².